The molecule has 0 spiro atoms. The van der Waals surface area contributed by atoms with E-state index in [1.54, 1.807) is 31.2 Å². The Morgan fingerprint density at radius 2 is 2.00 bits per heavy atom. The average Bonchev–Trinajstić information content (AvgIpc) is 3.21. The molecule has 0 atom stereocenters. The number of H-pyrrole nitrogens is 1. The molecule has 11 nitrogen and oxygen atoms in total. The SMILES string of the molecule is CCOC(=O)c1cc2c(NC(=O)c3ccc(OCCN4CCOCC4)cc3)n[nH]c2nc1N. The van der Waals surface area contributed by atoms with Crippen LogP contribution in [0.5, 0.6) is 5.75 Å². The maximum atomic E-state index is 12.7. The van der Waals surface area contributed by atoms with Gasteiger partial charge in [0, 0.05) is 25.2 Å². The number of carbonyl (C=O) groups excluding carboxylic acids is 2. The lowest BCUT2D eigenvalue weighted by molar-refractivity contribution is 0.0322. The standard InChI is InChI=1S/C22H26N6O5/c1-2-32-22(30)16-13-17-19(24-18(16)23)26-27-20(17)25-21(29)14-3-5-15(6-4-14)33-12-9-28-7-10-31-11-8-28/h3-6,13H,2,7-12H2,1H3,(H4,23,24,25,26,27,29). The Labute approximate surface area is 190 Å². The van der Waals surface area contributed by atoms with Gasteiger partial charge >= 0.3 is 5.97 Å². The third-order valence-corrected chi connectivity index (χ3v) is 5.20. The molecule has 0 unspecified atom stereocenters. The molecule has 0 bridgehead atoms. The summed E-state index contributed by atoms with van der Waals surface area (Å²) < 4.78 is 16.1. The first-order chi connectivity index (χ1) is 16.0. The van der Waals surface area contributed by atoms with Crippen molar-refractivity contribution in [1.29, 1.82) is 0 Å². The second kappa shape index (κ2) is 10.3. The van der Waals surface area contributed by atoms with Gasteiger partial charge in [0.05, 0.1) is 25.2 Å². The van der Waals surface area contributed by atoms with Crippen molar-refractivity contribution in [1.82, 2.24) is 20.1 Å². The zero-order chi connectivity index (χ0) is 23.2. The Morgan fingerprint density at radius 3 is 2.73 bits per heavy atom. The van der Waals surface area contributed by atoms with Crippen molar-refractivity contribution in [3.63, 3.8) is 0 Å². The molecule has 4 rings (SSSR count). The zero-order valence-electron chi connectivity index (χ0n) is 18.3. The number of morpholine rings is 1. The van der Waals surface area contributed by atoms with E-state index < -0.39 is 5.97 Å². The summed E-state index contributed by atoms with van der Waals surface area (Å²) in [6.07, 6.45) is 0. The Kier molecular flexibility index (Phi) is 7.01. The van der Waals surface area contributed by atoms with E-state index in [-0.39, 0.29) is 29.7 Å². The van der Waals surface area contributed by atoms with E-state index >= 15 is 0 Å². The molecule has 11 heteroatoms. The number of rotatable bonds is 8. The monoisotopic (exact) mass is 454 g/mol. The van der Waals surface area contributed by atoms with Crippen molar-refractivity contribution in [3.05, 3.63) is 41.5 Å². The van der Waals surface area contributed by atoms with Crippen molar-refractivity contribution in [2.75, 3.05) is 57.1 Å². The molecule has 1 aliphatic rings. The second-order valence-corrected chi connectivity index (χ2v) is 7.39. The van der Waals surface area contributed by atoms with Crippen LogP contribution >= 0.6 is 0 Å². The van der Waals surface area contributed by atoms with Crippen LogP contribution in [-0.4, -0.2) is 78.0 Å². The number of nitrogens with zero attached hydrogens (tertiary/aromatic N) is 3. The van der Waals surface area contributed by atoms with Gasteiger partial charge in [0.25, 0.3) is 5.91 Å². The van der Waals surface area contributed by atoms with Crippen molar-refractivity contribution < 1.29 is 23.8 Å². The van der Waals surface area contributed by atoms with Crippen molar-refractivity contribution in [2.45, 2.75) is 6.92 Å². The van der Waals surface area contributed by atoms with Gasteiger partial charge in [0.2, 0.25) is 0 Å². The van der Waals surface area contributed by atoms with Crippen LogP contribution in [0.3, 0.4) is 0 Å². The lowest BCUT2D eigenvalue weighted by Crippen LogP contribution is -2.38. The maximum absolute atomic E-state index is 12.7. The number of amides is 1. The number of esters is 1. The quantitative estimate of drug-likeness (QED) is 0.433. The number of aromatic amines is 1. The van der Waals surface area contributed by atoms with Crippen LogP contribution < -0.4 is 15.8 Å². The summed E-state index contributed by atoms with van der Waals surface area (Å²) in [5.41, 5.74) is 6.73. The first-order valence-corrected chi connectivity index (χ1v) is 10.7. The summed E-state index contributed by atoms with van der Waals surface area (Å²) in [4.78, 5) is 31.2. The minimum atomic E-state index is -0.591. The molecular formula is C22H26N6O5. The van der Waals surface area contributed by atoms with Crippen molar-refractivity contribution in [3.8, 4) is 5.75 Å². The van der Waals surface area contributed by atoms with Crippen LogP contribution in [0.2, 0.25) is 0 Å². The van der Waals surface area contributed by atoms with E-state index in [2.05, 4.69) is 25.4 Å². The van der Waals surface area contributed by atoms with Crippen LogP contribution in [0.4, 0.5) is 11.6 Å². The van der Waals surface area contributed by atoms with E-state index in [1.165, 1.54) is 6.07 Å². The molecule has 1 aromatic carbocycles. The topological polar surface area (TPSA) is 145 Å². The van der Waals surface area contributed by atoms with Crippen LogP contribution in [0.15, 0.2) is 30.3 Å². The third kappa shape index (κ3) is 5.38. The molecule has 3 heterocycles. The number of aromatic nitrogens is 3. The highest BCUT2D eigenvalue weighted by molar-refractivity contribution is 6.08. The summed E-state index contributed by atoms with van der Waals surface area (Å²) >= 11 is 0. The number of carbonyl (C=O) groups is 2. The van der Waals surface area contributed by atoms with E-state index in [9.17, 15) is 9.59 Å². The number of nitrogens with one attached hydrogen (secondary N) is 2. The highest BCUT2D eigenvalue weighted by atomic mass is 16.5. The summed E-state index contributed by atoms with van der Waals surface area (Å²) in [7, 11) is 0. The number of nitrogens with two attached hydrogens (primary N) is 1. The molecule has 2 aromatic heterocycles. The largest absolute Gasteiger partial charge is 0.492 e. The predicted octanol–water partition coefficient (Wildman–Crippen LogP) is 1.68. The fraction of sp³-hybridized carbons (Fsp3) is 0.364. The number of pyridine rings is 1. The van der Waals surface area contributed by atoms with E-state index in [1.807, 2.05) is 0 Å². The molecule has 0 saturated carbocycles. The van der Waals surface area contributed by atoms with Crippen LogP contribution in [0.1, 0.15) is 27.6 Å². The van der Waals surface area contributed by atoms with Crippen LogP contribution in [0, 0.1) is 0 Å². The average molecular weight is 454 g/mol. The smallest absolute Gasteiger partial charge is 0.341 e. The van der Waals surface area contributed by atoms with Crippen LogP contribution in [0.25, 0.3) is 11.0 Å². The summed E-state index contributed by atoms with van der Waals surface area (Å²) in [5, 5.41) is 9.97. The molecule has 0 aliphatic carbocycles. The molecule has 4 N–H and O–H groups in total. The molecule has 0 radical (unpaired) electrons. The fourth-order valence-corrected chi connectivity index (χ4v) is 3.43. The number of hydrogen-bond acceptors (Lipinski definition) is 9. The first kappa shape index (κ1) is 22.5. The van der Waals surface area contributed by atoms with Gasteiger partial charge < -0.3 is 25.3 Å². The van der Waals surface area contributed by atoms with Gasteiger partial charge in [0.15, 0.2) is 11.5 Å². The van der Waals surface area contributed by atoms with Crippen LogP contribution in [-0.2, 0) is 9.47 Å². The maximum Gasteiger partial charge on any atom is 0.341 e. The molecule has 1 fully saturated rings. The van der Waals surface area contributed by atoms with Crippen molar-refractivity contribution >= 4 is 34.5 Å². The highest BCUT2D eigenvalue weighted by Gasteiger charge is 2.18. The minimum Gasteiger partial charge on any atom is -0.492 e. The number of hydrogen-bond donors (Lipinski definition) is 3. The molecule has 174 valence electrons. The molecule has 1 saturated heterocycles. The minimum absolute atomic E-state index is 0.0201. The Hall–Kier alpha value is -3.70. The van der Waals surface area contributed by atoms with Gasteiger partial charge in [-0.2, -0.15) is 5.10 Å². The van der Waals surface area contributed by atoms with Gasteiger partial charge in [-0.25, -0.2) is 9.78 Å². The Balaban J connectivity index is 1.39. The van der Waals surface area contributed by atoms with E-state index in [4.69, 9.17) is 19.9 Å². The fourth-order valence-electron chi connectivity index (χ4n) is 3.43. The lowest BCUT2D eigenvalue weighted by Gasteiger charge is -2.26. The Morgan fingerprint density at radius 1 is 1.24 bits per heavy atom. The van der Waals surface area contributed by atoms with E-state index in [0.717, 1.165) is 32.8 Å². The van der Waals surface area contributed by atoms with Gasteiger partial charge in [-0.3, -0.25) is 14.8 Å². The molecule has 3 aromatic rings. The second-order valence-electron chi connectivity index (χ2n) is 7.39. The number of ether oxygens (including phenoxy) is 3. The molecule has 1 amide bonds. The van der Waals surface area contributed by atoms with Gasteiger partial charge in [-0.05, 0) is 37.3 Å². The third-order valence-electron chi connectivity index (χ3n) is 5.20. The number of anilines is 2. The van der Waals surface area contributed by atoms with Gasteiger partial charge in [-0.15, -0.1) is 0 Å². The van der Waals surface area contributed by atoms with Gasteiger partial charge in [-0.1, -0.05) is 0 Å². The number of benzene rings is 1. The first-order valence-electron chi connectivity index (χ1n) is 10.7. The van der Waals surface area contributed by atoms with Crippen molar-refractivity contribution in [2.24, 2.45) is 0 Å². The normalized spacial score (nSPS) is 14.2. The lowest BCUT2D eigenvalue weighted by atomic mass is 10.2. The molecule has 33 heavy (non-hydrogen) atoms. The Bertz CT molecular complexity index is 1120. The summed E-state index contributed by atoms with van der Waals surface area (Å²) in [6, 6.07) is 8.35. The van der Waals surface area contributed by atoms with E-state index in [0.29, 0.717) is 29.0 Å². The zero-order valence-corrected chi connectivity index (χ0v) is 18.3. The van der Waals surface area contributed by atoms with Gasteiger partial charge in [0.1, 0.15) is 23.7 Å². The molecule has 1 aliphatic heterocycles. The predicted molar refractivity (Wildman–Crippen MR) is 121 cm³/mol. The highest BCUT2D eigenvalue weighted by Crippen LogP contribution is 2.24. The number of nitrogen functional groups attached to an aromatic ring is 1. The molecular weight excluding hydrogens is 428 g/mol. The summed E-state index contributed by atoms with van der Waals surface area (Å²) in [6.45, 7) is 6.61. The summed E-state index contributed by atoms with van der Waals surface area (Å²) in [5.74, 6) is -0.0146. The number of fused-ring (bicyclic) bond motifs is 1.